The van der Waals surface area contributed by atoms with Crippen LogP contribution in [0.15, 0.2) is 120 Å². The Morgan fingerprint density at radius 2 is 1.03 bits per heavy atom. The highest BCUT2D eigenvalue weighted by molar-refractivity contribution is 7.99. The minimum absolute atomic E-state index is 0.212. The Hall–Kier alpha value is -2.64. The van der Waals surface area contributed by atoms with Crippen LogP contribution in [0.25, 0.3) is 0 Å². The van der Waals surface area contributed by atoms with Gasteiger partial charge in [-0.2, -0.15) is 0 Å². The van der Waals surface area contributed by atoms with Gasteiger partial charge in [0.2, 0.25) is 0 Å². The third-order valence-corrected chi connectivity index (χ3v) is 8.06. The molecule has 39 heavy (non-hydrogen) atoms. The molecule has 0 N–H and O–H groups in total. The van der Waals surface area contributed by atoms with Crippen LogP contribution in [0.3, 0.4) is 0 Å². The molecule has 0 aromatic heterocycles. The second-order valence-corrected chi connectivity index (χ2v) is 11.2. The fourth-order valence-electron chi connectivity index (χ4n) is 4.61. The molecule has 1 heterocycles. The first-order chi connectivity index (χ1) is 19.2. The van der Waals surface area contributed by atoms with E-state index >= 15 is 0 Å². The maximum atomic E-state index is 6.66. The second-order valence-electron chi connectivity index (χ2n) is 9.57. The summed E-state index contributed by atoms with van der Waals surface area (Å²) in [6.45, 7) is 3.41. The molecule has 0 radical (unpaired) electrons. The van der Waals surface area contributed by atoms with Crippen LogP contribution in [0.1, 0.15) is 23.6 Å². The molecule has 1 fully saturated rings. The summed E-state index contributed by atoms with van der Waals surface area (Å²) in [4.78, 5) is 1.05. The summed E-state index contributed by atoms with van der Waals surface area (Å²) >= 11 is 7.77. The average molecular weight is 561 g/mol. The van der Waals surface area contributed by atoms with Crippen molar-refractivity contribution in [2.45, 2.75) is 61.5 Å². The van der Waals surface area contributed by atoms with Crippen LogP contribution >= 0.6 is 23.4 Å². The van der Waals surface area contributed by atoms with Gasteiger partial charge in [-0.05, 0) is 47.9 Å². The van der Waals surface area contributed by atoms with E-state index in [0.717, 1.165) is 21.6 Å². The first-order valence-electron chi connectivity index (χ1n) is 13.2. The van der Waals surface area contributed by atoms with E-state index in [2.05, 4.69) is 43.3 Å². The summed E-state index contributed by atoms with van der Waals surface area (Å²) < 4.78 is 26.4. The third-order valence-electron chi connectivity index (χ3n) is 6.65. The molecule has 1 aliphatic rings. The number of halogens is 1. The van der Waals surface area contributed by atoms with E-state index in [1.165, 1.54) is 0 Å². The summed E-state index contributed by atoms with van der Waals surface area (Å²) in [5.74, 6) is 0. The third kappa shape index (κ3) is 7.95. The molecular weight excluding hydrogens is 528 g/mol. The molecule has 0 aliphatic carbocycles. The highest BCUT2D eigenvalue weighted by atomic mass is 35.5. The SMILES string of the molecule is C[C@@H]1O[C@@H](Sc2ccc(Cl)cc2)[C@@H](OCc2ccccc2)[C@H](OCc2ccccc2)[C@@H]1OCc1ccccc1. The van der Waals surface area contributed by atoms with Gasteiger partial charge >= 0.3 is 0 Å². The van der Waals surface area contributed by atoms with E-state index in [4.69, 9.17) is 30.5 Å². The predicted molar refractivity (Wildman–Crippen MR) is 157 cm³/mol. The molecule has 5 rings (SSSR count). The lowest BCUT2D eigenvalue weighted by Gasteiger charge is -2.45. The number of ether oxygens (including phenoxy) is 4. The van der Waals surface area contributed by atoms with Crippen molar-refractivity contribution in [3.05, 3.63) is 137 Å². The average Bonchev–Trinajstić information content (AvgIpc) is 2.98. The molecule has 0 spiro atoms. The molecule has 1 saturated heterocycles. The monoisotopic (exact) mass is 560 g/mol. The predicted octanol–water partition coefficient (Wildman–Crippen LogP) is 7.93. The van der Waals surface area contributed by atoms with Crippen molar-refractivity contribution >= 4 is 23.4 Å². The van der Waals surface area contributed by atoms with Gasteiger partial charge < -0.3 is 18.9 Å². The zero-order chi connectivity index (χ0) is 26.9. The molecule has 0 unspecified atom stereocenters. The number of hydrogen-bond donors (Lipinski definition) is 0. The molecule has 0 bridgehead atoms. The zero-order valence-corrected chi connectivity index (χ0v) is 23.5. The van der Waals surface area contributed by atoms with Crippen molar-refractivity contribution in [2.75, 3.05) is 0 Å². The van der Waals surface area contributed by atoms with Gasteiger partial charge in [-0.25, -0.2) is 0 Å². The molecule has 4 aromatic rings. The number of hydrogen-bond acceptors (Lipinski definition) is 5. The number of thioether (sulfide) groups is 1. The van der Waals surface area contributed by atoms with Crippen LogP contribution in [-0.4, -0.2) is 29.9 Å². The van der Waals surface area contributed by atoms with Gasteiger partial charge in [-0.15, -0.1) is 0 Å². The Kier molecular flexibility index (Phi) is 10.1. The molecule has 202 valence electrons. The minimum atomic E-state index is -0.383. The fraction of sp³-hybridized carbons (Fsp3) is 0.273. The highest BCUT2D eigenvalue weighted by Crippen LogP contribution is 2.38. The fourth-order valence-corrected chi connectivity index (χ4v) is 5.90. The lowest BCUT2D eigenvalue weighted by molar-refractivity contribution is -0.242. The lowest BCUT2D eigenvalue weighted by Crippen LogP contribution is -2.58. The standard InChI is InChI=1S/C33H33ClO4S/c1-24-30(35-21-25-11-5-2-6-12-25)31(36-22-26-13-7-3-8-14-26)32(37-23-27-15-9-4-10-16-27)33(38-24)39-29-19-17-28(34)18-20-29/h2-20,24,30-33H,21-23H2,1H3/t24-,30+,31+,32-,33-/m0/s1. The van der Waals surface area contributed by atoms with Crippen LogP contribution in [0.4, 0.5) is 0 Å². The van der Waals surface area contributed by atoms with Gasteiger partial charge in [0.25, 0.3) is 0 Å². The van der Waals surface area contributed by atoms with Gasteiger partial charge in [0.1, 0.15) is 23.7 Å². The Morgan fingerprint density at radius 1 is 0.590 bits per heavy atom. The maximum Gasteiger partial charge on any atom is 0.136 e. The highest BCUT2D eigenvalue weighted by Gasteiger charge is 2.47. The van der Waals surface area contributed by atoms with Crippen LogP contribution in [0, 0.1) is 0 Å². The Bertz CT molecular complexity index is 1260. The normalized spacial score (nSPS) is 23.0. The summed E-state index contributed by atoms with van der Waals surface area (Å²) in [7, 11) is 0. The van der Waals surface area contributed by atoms with Crippen molar-refractivity contribution in [3.8, 4) is 0 Å². The Labute approximate surface area is 240 Å². The van der Waals surface area contributed by atoms with E-state index < -0.39 is 0 Å². The van der Waals surface area contributed by atoms with Crippen LogP contribution in [0.2, 0.25) is 5.02 Å². The van der Waals surface area contributed by atoms with Crippen molar-refractivity contribution in [3.63, 3.8) is 0 Å². The molecule has 4 aromatic carbocycles. The maximum absolute atomic E-state index is 6.66. The summed E-state index contributed by atoms with van der Waals surface area (Å²) in [5.41, 5.74) is 2.99. The van der Waals surface area contributed by atoms with Gasteiger partial charge in [0.05, 0.1) is 25.9 Å². The lowest BCUT2D eigenvalue weighted by atomic mass is 9.99. The zero-order valence-electron chi connectivity index (χ0n) is 21.9. The van der Waals surface area contributed by atoms with Crippen molar-refractivity contribution in [2.24, 2.45) is 0 Å². The molecule has 0 saturated carbocycles. The van der Waals surface area contributed by atoms with Crippen LogP contribution < -0.4 is 0 Å². The molecule has 1 aliphatic heterocycles. The largest absolute Gasteiger partial charge is 0.368 e. The van der Waals surface area contributed by atoms with E-state index in [1.54, 1.807) is 11.8 Å². The van der Waals surface area contributed by atoms with E-state index in [1.807, 2.05) is 78.9 Å². The molecule has 5 atom stereocenters. The van der Waals surface area contributed by atoms with Gasteiger partial charge in [-0.3, -0.25) is 0 Å². The van der Waals surface area contributed by atoms with Crippen molar-refractivity contribution in [1.82, 2.24) is 0 Å². The van der Waals surface area contributed by atoms with Crippen LogP contribution in [-0.2, 0) is 38.8 Å². The van der Waals surface area contributed by atoms with E-state index in [-0.39, 0.29) is 29.9 Å². The second kappa shape index (κ2) is 14.1. The smallest absolute Gasteiger partial charge is 0.136 e. The van der Waals surface area contributed by atoms with Crippen LogP contribution in [0.5, 0.6) is 0 Å². The van der Waals surface area contributed by atoms with E-state index in [9.17, 15) is 0 Å². The Balaban J connectivity index is 1.42. The number of benzene rings is 4. The van der Waals surface area contributed by atoms with Gasteiger partial charge in [0, 0.05) is 9.92 Å². The molecular formula is C33H33ClO4S. The van der Waals surface area contributed by atoms with Crippen molar-refractivity contribution < 1.29 is 18.9 Å². The summed E-state index contributed by atoms with van der Waals surface area (Å²) in [5, 5.41) is 0.701. The quantitative estimate of drug-likeness (QED) is 0.186. The summed E-state index contributed by atoms with van der Waals surface area (Å²) in [6.07, 6.45) is -1.27. The van der Waals surface area contributed by atoms with E-state index in [0.29, 0.717) is 24.8 Å². The molecule has 4 nitrogen and oxygen atoms in total. The van der Waals surface area contributed by atoms with Gasteiger partial charge in [-0.1, -0.05) is 114 Å². The first-order valence-corrected chi connectivity index (χ1v) is 14.5. The summed E-state index contributed by atoms with van der Waals surface area (Å²) in [6, 6.07) is 38.4. The van der Waals surface area contributed by atoms with Gasteiger partial charge in [0.15, 0.2) is 0 Å². The Morgan fingerprint density at radius 3 is 1.51 bits per heavy atom. The molecule has 6 heteroatoms. The van der Waals surface area contributed by atoms with Crippen molar-refractivity contribution in [1.29, 1.82) is 0 Å². The number of rotatable bonds is 11. The minimum Gasteiger partial charge on any atom is -0.368 e. The first kappa shape index (κ1) is 27.9. The molecule has 0 amide bonds. The topological polar surface area (TPSA) is 36.9 Å².